The maximum Gasteiger partial charge on any atom is 0.416 e. The minimum absolute atomic E-state index is 0.422. The largest absolute Gasteiger partial charge is 0.416 e. The minimum Gasteiger partial charge on any atom is -0.368 e. The van der Waals surface area contributed by atoms with Gasteiger partial charge in [0.15, 0.2) is 4.34 Å². The molecule has 0 bridgehead atoms. The number of halogens is 4. The number of allylic oxidation sites excluding steroid dienone is 2. The summed E-state index contributed by atoms with van der Waals surface area (Å²) in [7, 11) is 0. The zero-order valence-electron chi connectivity index (χ0n) is 18.9. The number of carbonyl (C=O) groups excluding carboxylic acids is 1. The Morgan fingerprint density at radius 3 is 2.53 bits per heavy atom. The summed E-state index contributed by atoms with van der Waals surface area (Å²) in [5.74, 6) is -0.0993. The molecule has 0 fully saturated rings. The Kier molecular flexibility index (Phi) is 8.29. The number of aromatic nitrogens is 1. The van der Waals surface area contributed by atoms with Crippen molar-refractivity contribution in [3.05, 3.63) is 70.0 Å². The van der Waals surface area contributed by atoms with Crippen molar-refractivity contribution >= 4 is 29.1 Å². The molecule has 0 radical (unpaired) electrons. The summed E-state index contributed by atoms with van der Waals surface area (Å²) in [6, 6.07) is 5.16. The smallest absolute Gasteiger partial charge is 0.368 e. The first-order chi connectivity index (χ1) is 16.0. The van der Waals surface area contributed by atoms with Crippen molar-refractivity contribution in [2.75, 3.05) is 13.1 Å². The summed E-state index contributed by atoms with van der Waals surface area (Å²) in [6.07, 6.45) is 0.169. The van der Waals surface area contributed by atoms with Crippen LogP contribution in [0.25, 0.3) is 0 Å². The van der Waals surface area contributed by atoms with Gasteiger partial charge in [-0.1, -0.05) is 35.5 Å². The molecule has 3 rings (SSSR count). The minimum atomic E-state index is -4.37. The van der Waals surface area contributed by atoms with Crippen molar-refractivity contribution in [3.63, 3.8) is 0 Å². The molecule has 0 spiro atoms. The zero-order chi connectivity index (χ0) is 24.9. The topological polar surface area (TPSA) is 54.5 Å². The molecule has 0 saturated carbocycles. The molecule has 1 aromatic heterocycles. The second-order valence-corrected chi connectivity index (χ2v) is 11.1. The molecule has 0 aliphatic carbocycles. The Morgan fingerprint density at radius 2 is 1.94 bits per heavy atom. The highest BCUT2D eigenvalue weighted by molar-refractivity contribution is 8.03. The fourth-order valence-corrected chi connectivity index (χ4v) is 5.40. The van der Waals surface area contributed by atoms with E-state index in [4.69, 9.17) is 0 Å². The van der Waals surface area contributed by atoms with E-state index in [0.29, 0.717) is 30.4 Å². The van der Waals surface area contributed by atoms with Crippen LogP contribution in [0.1, 0.15) is 37.6 Å². The second-order valence-electron chi connectivity index (χ2n) is 8.37. The second kappa shape index (κ2) is 10.8. The summed E-state index contributed by atoms with van der Waals surface area (Å²) < 4.78 is 50.5. The highest BCUT2D eigenvalue weighted by atomic mass is 32.2. The highest BCUT2D eigenvalue weighted by Crippen LogP contribution is 2.35. The van der Waals surface area contributed by atoms with Gasteiger partial charge in [0.2, 0.25) is 0 Å². The monoisotopic (exact) mass is 515 g/mol. The Morgan fingerprint density at radius 1 is 1.24 bits per heavy atom. The fourth-order valence-electron chi connectivity index (χ4n) is 3.14. The zero-order valence-corrected chi connectivity index (χ0v) is 20.5. The van der Waals surface area contributed by atoms with Crippen LogP contribution in [0.3, 0.4) is 0 Å². The number of hydrogen-bond acceptors (Lipinski definition) is 7. The number of thioether (sulfide) groups is 1. The van der Waals surface area contributed by atoms with Crippen LogP contribution >= 0.6 is 23.1 Å². The normalized spacial score (nSPS) is 14.2. The predicted octanol–water partition coefficient (Wildman–Crippen LogP) is 5.90. The van der Waals surface area contributed by atoms with Crippen molar-refractivity contribution < 1.29 is 27.4 Å². The van der Waals surface area contributed by atoms with Gasteiger partial charge in [-0.2, -0.15) is 13.2 Å². The van der Waals surface area contributed by atoms with Crippen molar-refractivity contribution in [3.8, 4) is 0 Å². The van der Waals surface area contributed by atoms with Gasteiger partial charge in [0.25, 0.3) is 0 Å². The number of dihydropyridines is 1. The van der Waals surface area contributed by atoms with Crippen molar-refractivity contribution in [2.45, 2.75) is 49.0 Å². The van der Waals surface area contributed by atoms with E-state index in [-0.39, 0.29) is 0 Å². The first-order valence-corrected chi connectivity index (χ1v) is 12.2. The third-order valence-corrected chi connectivity index (χ3v) is 7.31. The third kappa shape index (κ3) is 6.99. The lowest BCUT2D eigenvalue weighted by molar-refractivity contribution is -0.185. The van der Waals surface area contributed by atoms with Gasteiger partial charge in [0.05, 0.1) is 11.3 Å². The molecular weight excluding hydrogens is 490 g/mol. The van der Waals surface area contributed by atoms with Crippen molar-refractivity contribution in [1.29, 1.82) is 0 Å². The number of benzene rings is 1. The Balaban J connectivity index is 1.71. The molecule has 34 heavy (non-hydrogen) atoms. The summed E-state index contributed by atoms with van der Waals surface area (Å²) in [4.78, 5) is 21.5. The van der Waals surface area contributed by atoms with Crippen LogP contribution in [0, 0.1) is 0 Å². The van der Waals surface area contributed by atoms with Gasteiger partial charge in [-0.15, -0.1) is 11.3 Å². The Hall–Kier alpha value is -2.53. The Labute approximate surface area is 203 Å². The maximum absolute atomic E-state index is 12.9. The SMILES string of the molecule is CC1=CC=C(N(CCc2csc(SC(C)(C)C(=O)OF)n2)Cc2ccc(C(F)(F)F)cc2)NC1. The molecule has 0 unspecified atom stereocenters. The highest BCUT2D eigenvalue weighted by Gasteiger charge is 2.33. The van der Waals surface area contributed by atoms with E-state index < -0.39 is 22.5 Å². The van der Waals surface area contributed by atoms with E-state index in [1.807, 2.05) is 24.5 Å². The number of rotatable bonds is 9. The molecule has 184 valence electrons. The van der Waals surface area contributed by atoms with E-state index in [9.17, 15) is 22.5 Å². The van der Waals surface area contributed by atoms with E-state index in [0.717, 1.165) is 41.0 Å². The number of nitrogens with one attached hydrogen (secondary N) is 1. The Bertz CT molecular complexity index is 1060. The predicted molar refractivity (Wildman–Crippen MR) is 125 cm³/mol. The van der Waals surface area contributed by atoms with Gasteiger partial charge >= 0.3 is 12.1 Å². The maximum atomic E-state index is 12.9. The number of alkyl halides is 3. The number of hydrogen-bond donors (Lipinski definition) is 1. The molecule has 1 aliphatic rings. The number of carbonyl (C=O) groups is 1. The van der Waals surface area contributed by atoms with Crippen LogP contribution in [0.5, 0.6) is 0 Å². The lowest BCUT2D eigenvalue weighted by Gasteiger charge is -2.30. The van der Waals surface area contributed by atoms with Crippen LogP contribution in [0.15, 0.2) is 57.5 Å². The molecule has 0 atom stereocenters. The molecule has 5 nitrogen and oxygen atoms in total. The van der Waals surface area contributed by atoms with Gasteiger partial charge < -0.3 is 10.2 Å². The average Bonchev–Trinajstić information content (AvgIpc) is 3.22. The molecule has 0 saturated heterocycles. The van der Waals surface area contributed by atoms with E-state index in [1.54, 1.807) is 13.8 Å². The summed E-state index contributed by atoms with van der Waals surface area (Å²) in [5, 5.41) is 5.22. The molecule has 1 aliphatic heterocycles. The number of nitrogens with zero attached hydrogens (tertiary/aromatic N) is 2. The van der Waals surface area contributed by atoms with E-state index in [1.165, 1.54) is 29.0 Å². The van der Waals surface area contributed by atoms with Gasteiger partial charge in [-0.3, -0.25) is 4.94 Å². The van der Waals surface area contributed by atoms with Crippen LogP contribution in [-0.4, -0.2) is 33.7 Å². The van der Waals surface area contributed by atoms with Crippen LogP contribution in [0.2, 0.25) is 0 Å². The molecular formula is C23H25F4N3O2S2. The quantitative estimate of drug-likeness (QED) is 0.332. The molecule has 2 aromatic rings. The summed E-state index contributed by atoms with van der Waals surface area (Å²) in [6.45, 7) is 6.80. The standard InChI is InChI=1S/C23H25F4N3O2S2/c1-15-4-9-19(28-12-15)30(13-16-5-7-17(8-6-16)23(24,25)26)11-10-18-14-33-21(29-18)34-22(2,3)20(31)32-27/h4-9,14,28H,10-13H2,1-3H3. The lowest BCUT2D eigenvalue weighted by Crippen LogP contribution is -2.35. The van der Waals surface area contributed by atoms with Crippen LogP contribution in [0.4, 0.5) is 17.7 Å². The molecule has 1 N–H and O–H groups in total. The average molecular weight is 516 g/mol. The first kappa shape index (κ1) is 26.1. The molecule has 1 aromatic carbocycles. The van der Waals surface area contributed by atoms with Crippen LogP contribution < -0.4 is 5.32 Å². The van der Waals surface area contributed by atoms with E-state index >= 15 is 0 Å². The van der Waals surface area contributed by atoms with Gasteiger partial charge in [-0.05, 0) is 44.5 Å². The van der Waals surface area contributed by atoms with Gasteiger partial charge in [0.1, 0.15) is 10.6 Å². The number of thiazole rings is 1. The fraction of sp³-hybridized carbons (Fsp3) is 0.391. The van der Waals surface area contributed by atoms with Gasteiger partial charge in [0, 0.05) is 36.0 Å². The molecule has 11 heteroatoms. The molecule has 2 heterocycles. The van der Waals surface area contributed by atoms with Crippen molar-refractivity contribution in [2.24, 2.45) is 0 Å². The van der Waals surface area contributed by atoms with Crippen molar-refractivity contribution in [1.82, 2.24) is 15.2 Å². The third-order valence-electron chi connectivity index (χ3n) is 5.14. The van der Waals surface area contributed by atoms with Gasteiger partial charge in [-0.25, -0.2) is 9.78 Å². The summed E-state index contributed by atoms with van der Waals surface area (Å²) >= 11 is 2.48. The molecule has 0 amide bonds. The van der Waals surface area contributed by atoms with Crippen LogP contribution in [-0.2, 0) is 28.9 Å². The first-order valence-electron chi connectivity index (χ1n) is 10.5. The lowest BCUT2D eigenvalue weighted by atomic mass is 10.1. The summed E-state index contributed by atoms with van der Waals surface area (Å²) in [5.41, 5.74) is 2.05. The van der Waals surface area contributed by atoms with E-state index in [2.05, 4.69) is 20.1 Å².